The quantitative estimate of drug-likeness (QED) is 0.853. The Morgan fingerprint density at radius 1 is 1.19 bits per heavy atom. The molecule has 1 amide bonds. The predicted molar refractivity (Wildman–Crippen MR) is 73.1 cm³/mol. The predicted octanol–water partition coefficient (Wildman–Crippen LogP) is 3.45. The van der Waals surface area contributed by atoms with Crippen molar-refractivity contribution in [3.8, 4) is 0 Å². The van der Waals surface area contributed by atoms with E-state index >= 15 is 0 Å². The highest BCUT2D eigenvalue weighted by Gasteiger charge is 2.16. The second kappa shape index (κ2) is 6.01. The fraction of sp³-hybridized carbons (Fsp3) is 0.0769. The summed E-state index contributed by atoms with van der Waals surface area (Å²) in [4.78, 5) is 15.9. The molecular formula is C13H9ClF3N3O. The number of hydrogen-bond acceptors (Lipinski definition) is 3. The highest BCUT2D eigenvalue weighted by atomic mass is 35.5. The second-order valence-corrected chi connectivity index (χ2v) is 4.39. The van der Waals surface area contributed by atoms with Gasteiger partial charge in [0.1, 0.15) is 11.5 Å². The molecule has 0 saturated carbocycles. The zero-order valence-electron chi connectivity index (χ0n) is 10.7. The van der Waals surface area contributed by atoms with Crippen LogP contribution in [0.4, 0.5) is 24.7 Å². The molecule has 0 saturated heterocycles. The van der Waals surface area contributed by atoms with Crippen molar-refractivity contribution in [3.05, 3.63) is 52.4 Å². The summed E-state index contributed by atoms with van der Waals surface area (Å²) < 4.78 is 39.0. The Balaban J connectivity index is 2.30. The van der Waals surface area contributed by atoms with Crippen molar-refractivity contribution in [3.63, 3.8) is 0 Å². The van der Waals surface area contributed by atoms with E-state index in [1.165, 1.54) is 6.07 Å². The maximum absolute atomic E-state index is 13.1. The summed E-state index contributed by atoms with van der Waals surface area (Å²) >= 11 is 5.84. The molecule has 2 N–H and O–H groups in total. The Kier molecular flexibility index (Phi) is 4.32. The summed E-state index contributed by atoms with van der Waals surface area (Å²) in [6.45, 7) is 0. The van der Waals surface area contributed by atoms with Crippen LogP contribution in [0.3, 0.4) is 0 Å². The molecule has 2 rings (SSSR count). The van der Waals surface area contributed by atoms with Crippen molar-refractivity contribution in [2.75, 3.05) is 17.7 Å². The molecular weight excluding hydrogens is 307 g/mol. The van der Waals surface area contributed by atoms with Crippen molar-refractivity contribution in [2.24, 2.45) is 0 Å². The number of benzene rings is 1. The Morgan fingerprint density at radius 2 is 1.81 bits per heavy atom. The molecule has 8 heteroatoms. The number of anilines is 2. The second-order valence-electron chi connectivity index (χ2n) is 3.98. The lowest BCUT2D eigenvalue weighted by Crippen LogP contribution is -2.15. The smallest absolute Gasteiger partial charge is 0.275 e. The average molecular weight is 316 g/mol. The molecule has 1 aromatic carbocycles. The minimum Gasteiger partial charge on any atom is -0.373 e. The third-order valence-corrected chi connectivity index (χ3v) is 2.86. The molecule has 110 valence electrons. The first-order valence-corrected chi connectivity index (χ1v) is 6.10. The Morgan fingerprint density at radius 3 is 2.38 bits per heavy atom. The van der Waals surface area contributed by atoms with Crippen LogP contribution in [0.2, 0.25) is 5.02 Å². The summed E-state index contributed by atoms with van der Waals surface area (Å²) in [5.41, 5.74) is -0.377. The van der Waals surface area contributed by atoms with Gasteiger partial charge in [0.25, 0.3) is 5.91 Å². The van der Waals surface area contributed by atoms with Crippen LogP contribution in [0.25, 0.3) is 0 Å². The number of nitrogens with zero attached hydrogens (tertiary/aromatic N) is 1. The number of hydrogen-bond donors (Lipinski definition) is 2. The fourth-order valence-electron chi connectivity index (χ4n) is 1.56. The first-order chi connectivity index (χ1) is 9.92. The topological polar surface area (TPSA) is 54.0 Å². The standard InChI is InChI=1S/C13H9ClF3N3O/c1-18-10-3-2-7(14)12(20-10)13(21)19-6-4-8(15)11(17)9(16)5-6/h2-5H,1H3,(H,18,20)(H,19,21). The third-order valence-electron chi connectivity index (χ3n) is 2.56. The van der Waals surface area contributed by atoms with E-state index in [1.54, 1.807) is 13.1 Å². The van der Waals surface area contributed by atoms with Gasteiger partial charge in [0.05, 0.1) is 5.02 Å². The van der Waals surface area contributed by atoms with Crippen molar-refractivity contribution in [1.29, 1.82) is 0 Å². The molecule has 1 heterocycles. The van der Waals surface area contributed by atoms with Gasteiger partial charge >= 0.3 is 0 Å². The zero-order chi connectivity index (χ0) is 15.6. The normalized spacial score (nSPS) is 10.3. The van der Waals surface area contributed by atoms with Gasteiger partial charge in [-0.3, -0.25) is 4.79 Å². The van der Waals surface area contributed by atoms with E-state index in [0.29, 0.717) is 18.0 Å². The number of nitrogens with one attached hydrogen (secondary N) is 2. The number of halogens is 4. The summed E-state index contributed by atoms with van der Waals surface area (Å²) in [6.07, 6.45) is 0. The van der Waals surface area contributed by atoms with Gasteiger partial charge in [0, 0.05) is 24.9 Å². The maximum Gasteiger partial charge on any atom is 0.275 e. The Hall–Kier alpha value is -2.28. The van der Waals surface area contributed by atoms with E-state index in [2.05, 4.69) is 15.6 Å². The van der Waals surface area contributed by atoms with Gasteiger partial charge in [-0.25, -0.2) is 18.2 Å². The van der Waals surface area contributed by atoms with E-state index in [-0.39, 0.29) is 16.4 Å². The molecule has 0 aliphatic heterocycles. The number of pyridine rings is 1. The summed E-state index contributed by atoms with van der Waals surface area (Å²) in [7, 11) is 1.60. The minimum absolute atomic E-state index is 0.0644. The van der Waals surface area contributed by atoms with Crippen LogP contribution >= 0.6 is 11.6 Å². The van der Waals surface area contributed by atoms with Crippen LogP contribution in [0.1, 0.15) is 10.5 Å². The number of carbonyl (C=O) groups is 1. The van der Waals surface area contributed by atoms with Gasteiger partial charge in [0.15, 0.2) is 17.5 Å². The molecule has 0 spiro atoms. The average Bonchev–Trinajstić information content (AvgIpc) is 2.45. The lowest BCUT2D eigenvalue weighted by molar-refractivity contribution is 0.102. The van der Waals surface area contributed by atoms with Crippen LogP contribution in [0.5, 0.6) is 0 Å². The molecule has 21 heavy (non-hydrogen) atoms. The maximum atomic E-state index is 13.1. The number of carbonyl (C=O) groups excluding carboxylic acids is 1. The SMILES string of the molecule is CNc1ccc(Cl)c(C(=O)Nc2cc(F)c(F)c(F)c2)n1. The minimum atomic E-state index is -1.61. The first kappa shape index (κ1) is 15.1. The monoisotopic (exact) mass is 315 g/mol. The van der Waals surface area contributed by atoms with E-state index in [0.717, 1.165) is 0 Å². The zero-order valence-corrected chi connectivity index (χ0v) is 11.4. The van der Waals surface area contributed by atoms with E-state index < -0.39 is 23.4 Å². The molecule has 0 unspecified atom stereocenters. The van der Waals surface area contributed by atoms with Gasteiger partial charge < -0.3 is 10.6 Å². The number of rotatable bonds is 3. The largest absolute Gasteiger partial charge is 0.373 e. The van der Waals surface area contributed by atoms with E-state index in [9.17, 15) is 18.0 Å². The lowest BCUT2D eigenvalue weighted by atomic mass is 10.2. The van der Waals surface area contributed by atoms with Crippen LogP contribution in [0.15, 0.2) is 24.3 Å². The molecule has 1 aromatic heterocycles. The van der Waals surface area contributed by atoms with E-state index in [1.807, 2.05) is 0 Å². The first-order valence-electron chi connectivity index (χ1n) is 5.72. The Bertz CT molecular complexity index is 686. The molecule has 4 nitrogen and oxygen atoms in total. The molecule has 0 fully saturated rings. The molecule has 0 aliphatic carbocycles. The summed E-state index contributed by atoms with van der Waals surface area (Å²) in [5.74, 6) is -4.81. The lowest BCUT2D eigenvalue weighted by Gasteiger charge is -2.08. The van der Waals surface area contributed by atoms with Crippen LogP contribution in [0, 0.1) is 17.5 Å². The van der Waals surface area contributed by atoms with Gasteiger partial charge in [-0.15, -0.1) is 0 Å². The van der Waals surface area contributed by atoms with Crippen molar-refractivity contribution in [1.82, 2.24) is 4.98 Å². The van der Waals surface area contributed by atoms with Crippen LogP contribution in [-0.4, -0.2) is 17.9 Å². The molecule has 2 aromatic rings. The molecule has 0 aliphatic rings. The summed E-state index contributed by atoms with van der Waals surface area (Å²) in [5, 5.41) is 4.98. The fourth-order valence-corrected chi connectivity index (χ4v) is 1.75. The van der Waals surface area contributed by atoms with Crippen molar-refractivity contribution < 1.29 is 18.0 Å². The highest BCUT2D eigenvalue weighted by Crippen LogP contribution is 2.20. The highest BCUT2D eigenvalue weighted by molar-refractivity contribution is 6.34. The van der Waals surface area contributed by atoms with Crippen LogP contribution < -0.4 is 10.6 Å². The van der Waals surface area contributed by atoms with E-state index in [4.69, 9.17) is 11.6 Å². The number of aromatic nitrogens is 1. The van der Waals surface area contributed by atoms with Crippen molar-refractivity contribution >= 4 is 29.0 Å². The molecule has 0 bridgehead atoms. The Labute approximate surface area is 122 Å². The number of amides is 1. The van der Waals surface area contributed by atoms with Gasteiger partial charge in [0.2, 0.25) is 0 Å². The van der Waals surface area contributed by atoms with Gasteiger partial charge in [-0.05, 0) is 12.1 Å². The summed E-state index contributed by atoms with van der Waals surface area (Å²) in [6, 6.07) is 4.32. The van der Waals surface area contributed by atoms with Crippen LogP contribution in [-0.2, 0) is 0 Å². The van der Waals surface area contributed by atoms with Crippen molar-refractivity contribution in [2.45, 2.75) is 0 Å². The molecule has 0 atom stereocenters. The van der Waals surface area contributed by atoms with Gasteiger partial charge in [-0.2, -0.15) is 0 Å². The van der Waals surface area contributed by atoms with Gasteiger partial charge in [-0.1, -0.05) is 11.6 Å². The molecule has 0 radical (unpaired) electrons. The third kappa shape index (κ3) is 3.25.